The van der Waals surface area contributed by atoms with Crippen LogP contribution in [0.5, 0.6) is 11.5 Å². The Labute approximate surface area is 197 Å². The van der Waals surface area contributed by atoms with Crippen LogP contribution in [0.1, 0.15) is 48.4 Å². The van der Waals surface area contributed by atoms with E-state index >= 15 is 0 Å². The van der Waals surface area contributed by atoms with Crippen LogP contribution >= 0.6 is 0 Å². The van der Waals surface area contributed by atoms with Crippen LogP contribution in [0.15, 0.2) is 36.4 Å². The maximum Gasteiger partial charge on any atom is 0.415 e. The fourth-order valence-electron chi connectivity index (χ4n) is 3.32. The summed E-state index contributed by atoms with van der Waals surface area (Å²) >= 11 is 0. The van der Waals surface area contributed by atoms with Crippen molar-refractivity contribution in [2.24, 2.45) is 0 Å². The Hall–Kier alpha value is -4.08. The Kier molecular flexibility index (Phi) is 9.00. The molecule has 0 aliphatic carbocycles. The molecule has 0 heterocycles. The molecule has 182 valence electrons. The Bertz CT molecular complexity index is 989. The standard InChI is InChI=1S/C24H28N2O8/c1-5-25(6-2)23(31)33-19-15(11-9-13-17(19)21(27)28)16-12-10-14-18(22(29)30)20(16)34-24(32)26(7-3)8-4/h9-14H,5-8H2,1-4H3,(H,27,28)(H,29,30). The van der Waals surface area contributed by atoms with Gasteiger partial charge in [-0.25, -0.2) is 19.2 Å². The number of benzene rings is 2. The normalized spacial score (nSPS) is 10.4. The van der Waals surface area contributed by atoms with E-state index in [1.165, 1.54) is 46.2 Å². The molecular formula is C24H28N2O8. The summed E-state index contributed by atoms with van der Waals surface area (Å²) in [7, 11) is 0. The molecule has 2 aromatic rings. The first-order valence-corrected chi connectivity index (χ1v) is 10.9. The summed E-state index contributed by atoms with van der Waals surface area (Å²) in [5.74, 6) is -3.26. The smallest absolute Gasteiger partial charge is 0.415 e. The summed E-state index contributed by atoms with van der Waals surface area (Å²) < 4.78 is 11.0. The molecule has 0 aromatic heterocycles. The maximum absolute atomic E-state index is 12.7. The molecule has 0 aliphatic rings. The molecule has 0 saturated heterocycles. The van der Waals surface area contributed by atoms with Crippen molar-refractivity contribution in [2.75, 3.05) is 26.2 Å². The first-order chi connectivity index (χ1) is 16.2. The minimum Gasteiger partial charge on any atom is -0.478 e. The number of aromatic carboxylic acids is 2. The van der Waals surface area contributed by atoms with Crippen LogP contribution in [0.3, 0.4) is 0 Å². The molecule has 0 fully saturated rings. The highest BCUT2D eigenvalue weighted by molar-refractivity contribution is 5.99. The predicted octanol–water partition coefficient (Wildman–Crippen LogP) is 4.43. The van der Waals surface area contributed by atoms with Gasteiger partial charge in [-0.3, -0.25) is 0 Å². The SMILES string of the molecule is CCN(CC)C(=O)Oc1c(C(=O)O)cccc1-c1cccc(C(=O)O)c1OC(=O)N(CC)CC. The molecule has 0 spiro atoms. The van der Waals surface area contributed by atoms with Gasteiger partial charge >= 0.3 is 24.1 Å². The van der Waals surface area contributed by atoms with Crippen LogP contribution in [0.4, 0.5) is 9.59 Å². The molecule has 0 bridgehead atoms. The fourth-order valence-corrected chi connectivity index (χ4v) is 3.32. The summed E-state index contributed by atoms with van der Waals surface area (Å²) in [4.78, 5) is 51.9. The van der Waals surface area contributed by atoms with Crippen molar-refractivity contribution < 1.29 is 38.9 Å². The molecule has 10 heteroatoms. The lowest BCUT2D eigenvalue weighted by molar-refractivity contribution is 0.0681. The Morgan fingerprint density at radius 1 is 0.647 bits per heavy atom. The predicted molar refractivity (Wildman–Crippen MR) is 124 cm³/mol. The number of ether oxygens (including phenoxy) is 2. The van der Waals surface area contributed by atoms with Gasteiger partial charge in [0.2, 0.25) is 0 Å². The fraction of sp³-hybridized carbons (Fsp3) is 0.333. The van der Waals surface area contributed by atoms with E-state index in [2.05, 4.69) is 0 Å². The third kappa shape index (κ3) is 5.64. The average molecular weight is 472 g/mol. The molecule has 10 nitrogen and oxygen atoms in total. The van der Waals surface area contributed by atoms with Gasteiger partial charge in [0.1, 0.15) is 11.1 Å². The van der Waals surface area contributed by atoms with Crippen LogP contribution in [-0.2, 0) is 0 Å². The highest BCUT2D eigenvalue weighted by atomic mass is 16.6. The molecule has 2 aromatic carbocycles. The number of carbonyl (C=O) groups is 4. The second-order valence-electron chi connectivity index (χ2n) is 7.06. The van der Waals surface area contributed by atoms with Crippen LogP contribution < -0.4 is 9.47 Å². The quantitative estimate of drug-likeness (QED) is 0.547. The van der Waals surface area contributed by atoms with Crippen molar-refractivity contribution >= 4 is 24.1 Å². The molecule has 2 N–H and O–H groups in total. The van der Waals surface area contributed by atoms with E-state index in [1.54, 1.807) is 27.7 Å². The number of hydrogen-bond donors (Lipinski definition) is 2. The van der Waals surface area contributed by atoms with Crippen molar-refractivity contribution in [3.8, 4) is 22.6 Å². The lowest BCUT2D eigenvalue weighted by Crippen LogP contribution is -2.34. The molecule has 0 saturated carbocycles. The summed E-state index contributed by atoms with van der Waals surface area (Å²) in [6, 6.07) is 8.31. The third-order valence-corrected chi connectivity index (χ3v) is 5.20. The first-order valence-electron chi connectivity index (χ1n) is 10.9. The number of nitrogens with zero attached hydrogens (tertiary/aromatic N) is 2. The number of carboxylic acids is 2. The van der Waals surface area contributed by atoms with Crippen LogP contribution in [-0.4, -0.2) is 70.3 Å². The first kappa shape index (κ1) is 26.2. The van der Waals surface area contributed by atoms with Crippen molar-refractivity contribution in [1.82, 2.24) is 9.80 Å². The molecule has 0 atom stereocenters. The maximum atomic E-state index is 12.7. The molecule has 34 heavy (non-hydrogen) atoms. The number of para-hydroxylation sites is 2. The van der Waals surface area contributed by atoms with E-state index in [1.807, 2.05) is 0 Å². The van der Waals surface area contributed by atoms with Crippen LogP contribution in [0.25, 0.3) is 11.1 Å². The number of hydrogen-bond acceptors (Lipinski definition) is 6. The van der Waals surface area contributed by atoms with Gasteiger partial charge in [-0.15, -0.1) is 0 Å². The highest BCUT2D eigenvalue weighted by Gasteiger charge is 2.27. The molecular weight excluding hydrogens is 444 g/mol. The number of amides is 2. The largest absolute Gasteiger partial charge is 0.478 e. The Morgan fingerprint density at radius 3 is 1.24 bits per heavy atom. The van der Waals surface area contributed by atoms with Gasteiger partial charge in [-0.05, 0) is 39.8 Å². The topological polar surface area (TPSA) is 134 Å². The Morgan fingerprint density at radius 2 is 0.971 bits per heavy atom. The van der Waals surface area contributed by atoms with Crippen LogP contribution in [0, 0.1) is 0 Å². The van der Waals surface area contributed by atoms with E-state index in [0.29, 0.717) is 26.2 Å². The van der Waals surface area contributed by atoms with Gasteiger partial charge in [0.25, 0.3) is 0 Å². The van der Waals surface area contributed by atoms with E-state index < -0.39 is 24.1 Å². The van der Waals surface area contributed by atoms with Gasteiger partial charge in [0, 0.05) is 37.3 Å². The zero-order valence-electron chi connectivity index (χ0n) is 19.5. The molecule has 2 amide bonds. The summed E-state index contributed by atoms with van der Waals surface area (Å²) in [6.07, 6.45) is -1.54. The average Bonchev–Trinajstić information content (AvgIpc) is 2.80. The van der Waals surface area contributed by atoms with Gasteiger partial charge < -0.3 is 29.5 Å². The Balaban J connectivity index is 2.75. The molecule has 0 aliphatic heterocycles. The number of carbonyl (C=O) groups excluding carboxylic acids is 2. The minimum atomic E-state index is -1.35. The van der Waals surface area contributed by atoms with Gasteiger partial charge in [-0.1, -0.05) is 24.3 Å². The number of rotatable bonds is 9. The third-order valence-electron chi connectivity index (χ3n) is 5.20. The summed E-state index contributed by atoms with van der Waals surface area (Å²) in [5.41, 5.74) is -0.434. The van der Waals surface area contributed by atoms with Crippen molar-refractivity contribution in [3.05, 3.63) is 47.5 Å². The van der Waals surface area contributed by atoms with E-state index in [4.69, 9.17) is 9.47 Å². The van der Waals surface area contributed by atoms with Crippen molar-refractivity contribution in [3.63, 3.8) is 0 Å². The molecule has 0 radical (unpaired) electrons. The lowest BCUT2D eigenvalue weighted by Gasteiger charge is -2.22. The number of carboxylic acid groups (broad SMARTS) is 2. The summed E-state index contributed by atoms with van der Waals surface area (Å²) in [5, 5.41) is 19.4. The molecule has 2 rings (SSSR count). The minimum absolute atomic E-state index is 0.0888. The zero-order chi connectivity index (χ0) is 25.4. The summed E-state index contributed by atoms with van der Waals surface area (Å²) in [6.45, 7) is 8.32. The van der Waals surface area contributed by atoms with Gasteiger partial charge in [-0.2, -0.15) is 0 Å². The van der Waals surface area contributed by atoms with Crippen LogP contribution in [0.2, 0.25) is 0 Å². The van der Waals surface area contributed by atoms with E-state index in [9.17, 15) is 29.4 Å². The zero-order valence-corrected chi connectivity index (χ0v) is 19.5. The second kappa shape index (κ2) is 11.7. The van der Waals surface area contributed by atoms with E-state index in [0.717, 1.165) is 0 Å². The monoisotopic (exact) mass is 472 g/mol. The van der Waals surface area contributed by atoms with E-state index in [-0.39, 0.29) is 33.8 Å². The van der Waals surface area contributed by atoms with Gasteiger partial charge in [0.15, 0.2) is 11.5 Å². The van der Waals surface area contributed by atoms with Gasteiger partial charge in [0.05, 0.1) is 0 Å². The van der Waals surface area contributed by atoms with Crippen molar-refractivity contribution in [2.45, 2.75) is 27.7 Å². The lowest BCUT2D eigenvalue weighted by atomic mass is 9.98. The molecule has 0 unspecified atom stereocenters. The second-order valence-corrected chi connectivity index (χ2v) is 7.06. The van der Waals surface area contributed by atoms with Crippen molar-refractivity contribution in [1.29, 1.82) is 0 Å². The highest BCUT2D eigenvalue weighted by Crippen LogP contribution is 2.41.